The molecule has 0 amide bonds. The predicted octanol–water partition coefficient (Wildman–Crippen LogP) is 3.24. The quantitative estimate of drug-likeness (QED) is 0.571. The Morgan fingerprint density at radius 1 is 1.12 bits per heavy atom. The number of thioether (sulfide) groups is 1. The van der Waals surface area contributed by atoms with Crippen molar-refractivity contribution in [1.29, 1.82) is 0 Å². The molecule has 0 fully saturated rings. The third kappa shape index (κ3) is 3.44. The van der Waals surface area contributed by atoms with Crippen molar-refractivity contribution >= 4 is 11.8 Å². The lowest BCUT2D eigenvalue weighted by Gasteiger charge is -2.14. The molecule has 2 aromatic carbocycles. The molecular formula is C18H16N2O3S. The first-order valence-corrected chi connectivity index (χ1v) is 8.31. The summed E-state index contributed by atoms with van der Waals surface area (Å²) in [6.45, 7) is 0. The van der Waals surface area contributed by atoms with Crippen molar-refractivity contribution in [3.63, 3.8) is 0 Å². The molecule has 0 bridgehead atoms. The van der Waals surface area contributed by atoms with Crippen molar-refractivity contribution in [2.45, 2.75) is 10.9 Å². The van der Waals surface area contributed by atoms with Gasteiger partial charge in [0.2, 0.25) is 5.88 Å². The van der Waals surface area contributed by atoms with Gasteiger partial charge in [0, 0.05) is 5.75 Å². The van der Waals surface area contributed by atoms with Gasteiger partial charge in [-0.3, -0.25) is 9.36 Å². The average Bonchev–Trinajstić information content (AvgIpc) is 2.60. The third-order valence-electron chi connectivity index (χ3n) is 3.41. The molecule has 3 rings (SSSR count). The van der Waals surface area contributed by atoms with Crippen molar-refractivity contribution in [3.05, 3.63) is 76.6 Å². The minimum atomic E-state index is -0.359. The Balaban J connectivity index is 2.04. The van der Waals surface area contributed by atoms with Crippen molar-refractivity contribution in [2.75, 3.05) is 7.11 Å². The van der Waals surface area contributed by atoms with Crippen LogP contribution in [0.1, 0.15) is 5.56 Å². The molecule has 0 unspecified atom stereocenters. The lowest BCUT2D eigenvalue weighted by atomic mass is 10.2. The summed E-state index contributed by atoms with van der Waals surface area (Å²) in [7, 11) is 1.55. The number of methoxy groups -OCH3 is 1. The summed E-state index contributed by atoms with van der Waals surface area (Å²) in [5, 5.41) is 10.1. The zero-order chi connectivity index (χ0) is 16.9. The topological polar surface area (TPSA) is 64.3 Å². The second-order valence-electron chi connectivity index (χ2n) is 5.02. The summed E-state index contributed by atoms with van der Waals surface area (Å²) < 4.78 is 6.79. The van der Waals surface area contributed by atoms with E-state index in [1.807, 2.05) is 42.5 Å². The van der Waals surface area contributed by atoms with Crippen LogP contribution in [0.25, 0.3) is 5.69 Å². The van der Waals surface area contributed by atoms with Crippen molar-refractivity contribution in [1.82, 2.24) is 9.55 Å². The van der Waals surface area contributed by atoms with E-state index in [9.17, 15) is 9.90 Å². The maximum Gasteiger partial charge on any atom is 0.262 e. The largest absolute Gasteiger partial charge is 0.495 e. The van der Waals surface area contributed by atoms with Crippen LogP contribution in [0.5, 0.6) is 11.6 Å². The summed E-state index contributed by atoms with van der Waals surface area (Å²) in [4.78, 5) is 16.6. The number of aromatic nitrogens is 2. The van der Waals surface area contributed by atoms with E-state index in [-0.39, 0.29) is 11.4 Å². The van der Waals surface area contributed by atoms with E-state index in [4.69, 9.17) is 4.74 Å². The molecule has 5 nitrogen and oxygen atoms in total. The van der Waals surface area contributed by atoms with Crippen molar-refractivity contribution in [3.8, 4) is 17.3 Å². The minimum absolute atomic E-state index is 0.290. The van der Waals surface area contributed by atoms with Gasteiger partial charge in [0.05, 0.1) is 18.9 Å². The molecule has 0 saturated carbocycles. The van der Waals surface area contributed by atoms with Crippen molar-refractivity contribution < 1.29 is 9.84 Å². The summed E-state index contributed by atoms with van der Waals surface area (Å²) >= 11 is 1.38. The Morgan fingerprint density at radius 2 is 1.83 bits per heavy atom. The summed E-state index contributed by atoms with van der Waals surface area (Å²) in [6, 6.07) is 18.2. The summed E-state index contributed by atoms with van der Waals surface area (Å²) in [5.41, 5.74) is 1.34. The molecule has 24 heavy (non-hydrogen) atoms. The number of hydrogen-bond acceptors (Lipinski definition) is 5. The molecule has 0 spiro atoms. The normalized spacial score (nSPS) is 10.5. The highest BCUT2D eigenvalue weighted by atomic mass is 32.2. The molecule has 0 atom stereocenters. The highest BCUT2D eigenvalue weighted by Gasteiger charge is 2.14. The van der Waals surface area contributed by atoms with E-state index < -0.39 is 0 Å². The van der Waals surface area contributed by atoms with Crippen LogP contribution < -0.4 is 10.3 Å². The minimum Gasteiger partial charge on any atom is -0.495 e. The molecule has 1 N–H and O–H groups in total. The smallest absolute Gasteiger partial charge is 0.262 e. The van der Waals surface area contributed by atoms with Crippen LogP contribution in [0.3, 0.4) is 0 Å². The Kier molecular flexibility index (Phi) is 4.86. The Morgan fingerprint density at radius 3 is 2.58 bits per heavy atom. The third-order valence-corrected chi connectivity index (χ3v) is 4.42. The van der Waals surface area contributed by atoms with Gasteiger partial charge in [0.1, 0.15) is 5.75 Å². The highest BCUT2D eigenvalue weighted by Crippen LogP contribution is 2.28. The fourth-order valence-electron chi connectivity index (χ4n) is 2.30. The first kappa shape index (κ1) is 16.1. The second kappa shape index (κ2) is 7.23. The predicted molar refractivity (Wildman–Crippen MR) is 94.1 cm³/mol. The zero-order valence-electron chi connectivity index (χ0n) is 13.0. The summed E-state index contributed by atoms with van der Waals surface area (Å²) in [6.07, 6.45) is 0. The zero-order valence-corrected chi connectivity index (χ0v) is 13.9. The van der Waals surface area contributed by atoms with Crippen LogP contribution in [0.15, 0.2) is 70.6 Å². The molecule has 3 aromatic rings. The van der Waals surface area contributed by atoms with E-state index in [1.165, 1.54) is 16.3 Å². The number of benzene rings is 2. The monoisotopic (exact) mass is 340 g/mol. The Bertz CT molecular complexity index is 894. The van der Waals surface area contributed by atoms with Gasteiger partial charge in [-0.25, -0.2) is 0 Å². The molecule has 0 aliphatic rings. The lowest BCUT2D eigenvalue weighted by molar-refractivity contribution is 0.409. The van der Waals surface area contributed by atoms with Crippen LogP contribution in [0.4, 0.5) is 0 Å². The van der Waals surface area contributed by atoms with Crippen LogP contribution in [-0.2, 0) is 5.75 Å². The molecule has 1 aromatic heterocycles. The maximum absolute atomic E-state index is 12.4. The standard InChI is InChI=1S/C18H16N2O3S/c1-23-15-10-6-5-9-14(15)20-17(22)11-16(21)19-18(20)24-12-13-7-3-2-4-8-13/h2-11,21H,12H2,1H3. The van der Waals surface area contributed by atoms with E-state index in [1.54, 1.807) is 19.2 Å². The molecule has 0 saturated heterocycles. The lowest BCUT2D eigenvalue weighted by Crippen LogP contribution is -2.20. The molecular weight excluding hydrogens is 324 g/mol. The van der Waals surface area contributed by atoms with Gasteiger partial charge < -0.3 is 9.84 Å². The van der Waals surface area contributed by atoms with E-state index in [2.05, 4.69) is 4.98 Å². The van der Waals surface area contributed by atoms with E-state index in [0.717, 1.165) is 11.6 Å². The number of hydrogen-bond donors (Lipinski definition) is 1. The van der Waals surface area contributed by atoms with Gasteiger partial charge in [-0.2, -0.15) is 4.98 Å². The van der Waals surface area contributed by atoms with Crippen LogP contribution in [0.2, 0.25) is 0 Å². The van der Waals surface area contributed by atoms with Gasteiger partial charge in [-0.1, -0.05) is 54.2 Å². The Labute approximate surface area is 143 Å². The number of aromatic hydroxyl groups is 1. The highest BCUT2D eigenvalue weighted by molar-refractivity contribution is 7.98. The Hall–Kier alpha value is -2.73. The molecule has 0 aliphatic carbocycles. The molecule has 122 valence electrons. The van der Waals surface area contributed by atoms with Gasteiger partial charge in [-0.15, -0.1) is 0 Å². The molecule has 0 radical (unpaired) electrons. The number of rotatable bonds is 5. The van der Waals surface area contributed by atoms with Gasteiger partial charge >= 0.3 is 0 Å². The van der Waals surface area contributed by atoms with Gasteiger partial charge in [0.25, 0.3) is 5.56 Å². The number of ether oxygens (including phenoxy) is 1. The SMILES string of the molecule is COc1ccccc1-n1c(SCc2ccccc2)nc(O)cc1=O. The molecule has 1 heterocycles. The van der Waals surface area contributed by atoms with Crippen molar-refractivity contribution in [2.24, 2.45) is 0 Å². The number of nitrogens with zero attached hydrogens (tertiary/aromatic N) is 2. The molecule has 0 aliphatic heterocycles. The maximum atomic E-state index is 12.4. The van der Waals surface area contributed by atoms with Gasteiger partial charge in [0.15, 0.2) is 5.16 Å². The van der Waals surface area contributed by atoms with E-state index in [0.29, 0.717) is 22.3 Å². The van der Waals surface area contributed by atoms with Crippen LogP contribution in [0, 0.1) is 0 Å². The van der Waals surface area contributed by atoms with Gasteiger partial charge in [-0.05, 0) is 17.7 Å². The number of para-hydroxylation sites is 2. The van der Waals surface area contributed by atoms with Crippen LogP contribution in [-0.4, -0.2) is 21.8 Å². The fourth-order valence-corrected chi connectivity index (χ4v) is 3.27. The average molecular weight is 340 g/mol. The van der Waals surface area contributed by atoms with Crippen LogP contribution >= 0.6 is 11.8 Å². The summed E-state index contributed by atoms with van der Waals surface area (Å²) in [5.74, 6) is 0.904. The first-order chi connectivity index (χ1) is 11.7. The fraction of sp³-hybridized carbons (Fsp3) is 0.111. The molecule has 6 heteroatoms. The second-order valence-corrected chi connectivity index (χ2v) is 5.96. The first-order valence-electron chi connectivity index (χ1n) is 7.32. The van der Waals surface area contributed by atoms with E-state index >= 15 is 0 Å².